The lowest BCUT2D eigenvalue weighted by molar-refractivity contribution is 1.47. The first-order valence-electron chi connectivity index (χ1n) is 2.92. The van der Waals surface area contributed by atoms with E-state index < -0.39 is 0 Å². The van der Waals surface area contributed by atoms with Gasteiger partial charge in [-0.25, -0.2) is 0 Å². The van der Waals surface area contributed by atoms with Crippen LogP contribution in [0.4, 0.5) is 11.4 Å². The molecule has 0 amide bonds. The lowest BCUT2D eigenvalue weighted by Crippen LogP contribution is -1.95. The van der Waals surface area contributed by atoms with Gasteiger partial charge in [0.1, 0.15) is 0 Å². The molecule has 1 aromatic rings. The second-order valence-corrected chi connectivity index (χ2v) is 2.66. The Balaban J connectivity index is 3.31. The van der Waals surface area contributed by atoms with E-state index >= 15 is 0 Å². The molecule has 1 rings (SSSR count). The third-order valence-electron chi connectivity index (χ3n) is 1.31. The Bertz CT molecular complexity index is 235. The van der Waals surface area contributed by atoms with E-state index in [1.807, 2.05) is 6.92 Å². The van der Waals surface area contributed by atoms with E-state index in [0.29, 0.717) is 16.4 Å². The molecule has 0 aliphatic rings. The van der Waals surface area contributed by atoms with Gasteiger partial charge in [0.05, 0.1) is 16.4 Å². The second-order valence-electron chi connectivity index (χ2n) is 2.25. The smallest absolute Gasteiger partial charge is 0.0737 e. The molecule has 0 aliphatic carbocycles. The summed E-state index contributed by atoms with van der Waals surface area (Å²) in [5.41, 5.74) is 13.0. The number of hydrogen-bond acceptors (Lipinski definition) is 2. The quantitative estimate of drug-likeness (QED) is 0.563. The summed E-state index contributed by atoms with van der Waals surface area (Å²) in [4.78, 5) is 0. The summed E-state index contributed by atoms with van der Waals surface area (Å²) in [6, 6.07) is 3.58. The number of benzene rings is 1. The summed E-state index contributed by atoms with van der Waals surface area (Å²) < 4.78 is 0. The Morgan fingerprint density at radius 3 is 2.40 bits per heavy atom. The Kier molecular flexibility index (Phi) is 1.72. The van der Waals surface area contributed by atoms with Crippen molar-refractivity contribution in [3.05, 3.63) is 22.7 Å². The molecule has 4 N–H and O–H groups in total. The number of hydrogen-bond donors (Lipinski definition) is 2. The van der Waals surface area contributed by atoms with Crippen LogP contribution in [-0.4, -0.2) is 0 Å². The van der Waals surface area contributed by atoms with E-state index in [4.69, 9.17) is 23.1 Å². The van der Waals surface area contributed by atoms with Gasteiger partial charge in [0.25, 0.3) is 0 Å². The van der Waals surface area contributed by atoms with Crippen molar-refractivity contribution in [1.82, 2.24) is 0 Å². The fraction of sp³-hybridized carbons (Fsp3) is 0.143. The monoisotopic (exact) mass is 156 g/mol. The van der Waals surface area contributed by atoms with Gasteiger partial charge in [0.15, 0.2) is 0 Å². The molecule has 0 unspecified atom stereocenters. The van der Waals surface area contributed by atoms with Gasteiger partial charge >= 0.3 is 0 Å². The third-order valence-corrected chi connectivity index (χ3v) is 1.62. The van der Waals surface area contributed by atoms with Crippen molar-refractivity contribution in [2.75, 3.05) is 11.5 Å². The van der Waals surface area contributed by atoms with Gasteiger partial charge in [-0.2, -0.15) is 0 Å². The maximum atomic E-state index is 5.71. The summed E-state index contributed by atoms with van der Waals surface area (Å²) in [5, 5.41) is 0.525. The molecule has 0 saturated heterocycles. The van der Waals surface area contributed by atoms with Gasteiger partial charge in [0, 0.05) is 0 Å². The highest BCUT2D eigenvalue weighted by Gasteiger charge is 1.99. The van der Waals surface area contributed by atoms with Crippen molar-refractivity contribution < 1.29 is 0 Å². The van der Waals surface area contributed by atoms with Crippen LogP contribution in [-0.2, 0) is 0 Å². The molecule has 54 valence electrons. The fourth-order valence-corrected chi connectivity index (χ4v) is 1.06. The molecule has 0 radical (unpaired) electrons. The Hall–Kier alpha value is -0.890. The van der Waals surface area contributed by atoms with Crippen LogP contribution in [0.2, 0.25) is 5.02 Å². The molecule has 0 saturated carbocycles. The molecule has 0 aliphatic heterocycles. The van der Waals surface area contributed by atoms with Gasteiger partial charge in [0.2, 0.25) is 0 Å². The number of nitrogen functional groups attached to an aromatic ring is 2. The largest absolute Gasteiger partial charge is 0.397 e. The molecule has 0 bridgehead atoms. The van der Waals surface area contributed by atoms with Gasteiger partial charge in [-0.05, 0) is 24.6 Å². The summed E-state index contributed by atoms with van der Waals surface area (Å²) >= 11 is 5.71. The molecular weight excluding hydrogens is 148 g/mol. The highest BCUT2D eigenvalue weighted by molar-refractivity contribution is 6.33. The molecule has 3 heteroatoms. The van der Waals surface area contributed by atoms with Gasteiger partial charge in [-0.15, -0.1) is 0 Å². The van der Waals surface area contributed by atoms with Crippen molar-refractivity contribution in [1.29, 1.82) is 0 Å². The van der Waals surface area contributed by atoms with E-state index in [0.717, 1.165) is 5.56 Å². The maximum Gasteiger partial charge on any atom is 0.0737 e. The minimum absolute atomic E-state index is 0.465. The number of aryl methyl sites for hydroxylation is 1. The molecule has 0 spiro atoms. The summed E-state index contributed by atoms with van der Waals surface area (Å²) in [6.45, 7) is 1.92. The lowest BCUT2D eigenvalue weighted by Gasteiger charge is -2.02. The number of nitrogens with two attached hydrogens (primary N) is 2. The van der Waals surface area contributed by atoms with Crippen LogP contribution in [0.25, 0.3) is 0 Å². The van der Waals surface area contributed by atoms with Crippen LogP contribution in [0, 0.1) is 6.92 Å². The zero-order chi connectivity index (χ0) is 7.72. The van der Waals surface area contributed by atoms with Gasteiger partial charge in [-0.3, -0.25) is 0 Å². The topological polar surface area (TPSA) is 52.0 Å². The van der Waals surface area contributed by atoms with Crippen molar-refractivity contribution >= 4 is 23.0 Å². The first kappa shape index (κ1) is 7.22. The molecule has 0 aromatic heterocycles. The molecule has 10 heavy (non-hydrogen) atoms. The minimum atomic E-state index is 0.465. The Morgan fingerprint density at radius 2 is 1.90 bits per heavy atom. The average molecular weight is 157 g/mol. The lowest BCUT2D eigenvalue weighted by atomic mass is 10.2. The molecule has 0 atom stereocenters. The van der Waals surface area contributed by atoms with Crippen molar-refractivity contribution in [3.8, 4) is 0 Å². The number of anilines is 2. The van der Waals surface area contributed by atoms with E-state index in [1.54, 1.807) is 12.1 Å². The average Bonchev–Trinajstić information content (AvgIpc) is 1.82. The SMILES string of the molecule is Cc1cc(N)c(N)c(Cl)c1. The van der Waals surface area contributed by atoms with Crippen LogP contribution < -0.4 is 11.5 Å². The third kappa shape index (κ3) is 1.16. The van der Waals surface area contributed by atoms with Crippen LogP contribution in [0.15, 0.2) is 12.1 Å². The Morgan fingerprint density at radius 1 is 1.30 bits per heavy atom. The van der Waals surface area contributed by atoms with Gasteiger partial charge in [-0.1, -0.05) is 11.6 Å². The standard InChI is InChI=1S/C7H9ClN2/c1-4-2-5(8)7(10)6(9)3-4/h2-3H,9-10H2,1H3. The van der Waals surface area contributed by atoms with Gasteiger partial charge < -0.3 is 11.5 Å². The normalized spacial score (nSPS) is 9.80. The molecular formula is C7H9ClN2. The highest BCUT2D eigenvalue weighted by atomic mass is 35.5. The zero-order valence-corrected chi connectivity index (χ0v) is 6.44. The molecule has 2 nitrogen and oxygen atoms in total. The van der Waals surface area contributed by atoms with E-state index in [1.165, 1.54) is 0 Å². The van der Waals surface area contributed by atoms with Crippen LogP contribution in [0.3, 0.4) is 0 Å². The van der Waals surface area contributed by atoms with Crippen LogP contribution in [0.1, 0.15) is 5.56 Å². The minimum Gasteiger partial charge on any atom is -0.397 e. The first-order chi connectivity index (χ1) is 4.61. The predicted octanol–water partition coefficient (Wildman–Crippen LogP) is 1.81. The summed E-state index contributed by atoms with van der Waals surface area (Å²) in [7, 11) is 0. The second kappa shape index (κ2) is 2.39. The van der Waals surface area contributed by atoms with Crippen molar-refractivity contribution in [2.24, 2.45) is 0 Å². The van der Waals surface area contributed by atoms with E-state index in [2.05, 4.69) is 0 Å². The van der Waals surface area contributed by atoms with Crippen LogP contribution >= 0.6 is 11.6 Å². The maximum absolute atomic E-state index is 5.71. The van der Waals surface area contributed by atoms with Crippen LogP contribution in [0.5, 0.6) is 0 Å². The summed E-state index contributed by atoms with van der Waals surface area (Å²) in [6.07, 6.45) is 0. The number of halogens is 1. The van der Waals surface area contributed by atoms with Crippen molar-refractivity contribution in [2.45, 2.75) is 6.92 Å². The van der Waals surface area contributed by atoms with E-state index in [-0.39, 0.29) is 0 Å². The highest BCUT2D eigenvalue weighted by Crippen LogP contribution is 2.25. The van der Waals surface area contributed by atoms with Crippen molar-refractivity contribution in [3.63, 3.8) is 0 Å². The molecule has 0 heterocycles. The molecule has 0 fully saturated rings. The first-order valence-corrected chi connectivity index (χ1v) is 3.30. The Labute approximate surface area is 64.8 Å². The fourth-order valence-electron chi connectivity index (χ4n) is 0.780. The van der Waals surface area contributed by atoms with E-state index in [9.17, 15) is 0 Å². The molecule has 1 aromatic carbocycles. The summed E-state index contributed by atoms with van der Waals surface area (Å²) in [5.74, 6) is 0. The zero-order valence-electron chi connectivity index (χ0n) is 5.69. The predicted molar refractivity (Wildman–Crippen MR) is 45.0 cm³/mol. The number of rotatable bonds is 0.